The van der Waals surface area contributed by atoms with Gasteiger partial charge in [0.15, 0.2) is 0 Å². The molecule has 5 nitrogen and oxygen atoms in total. The van der Waals surface area contributed by atoms with Crippen LogP contribution in [0.15, 0.2) is 12.3 Å². The monoisotopic (exact) mass is 368 g/mol. The van der Waals surface area contributed by atoms with Crippen molar-refractivity contribution < 1.29 is 4.79 Å². The summed E-state index contributed by atoms with van der Waals surface area (Å²) in [6, 6.07) is 1.94. The van der Waals surface area contributed by atoms with Gasteiger partial charge in [0.2, 0.25) is 0 Å². The van der Waals surface area contributed by atoms with Gasteiger partial charge >= 0.3 is 0 Å². The lowest BCUT2D eigenvalue weighted by atomic mass is 9.65. The zero-order valence-electron chi connectivity index (χ0n) is 14.8. The summed E-state index contributed by atoms with van der Waals surface area (Å²) in [6.45, 7) is 5.33. The van der Waals surface area contributed by atoms with Crippen LogP contribution in [-0.4, -0.2) is 45.9 Å². The number of rotatable bonds is 1. The fraction of sp³-hybridized carbons (Fsp3) is 0.500. The number of fused-ring (bicyclic) bond motifs is 7. The van der Waals surface area contributed by atoms with Crippen LogP contribution in [0.2, 0.25) is 5.15 Å². The molecule has 2 fully saturated rings. The number of halogens is 1. The van der Waals surface area contributed by atoms with E-state index in [4.69, 9.17) is 11.6 Å². The van der Waals surface area contributed by atoms with Crippen molar-refractivity contribution in [3.05, 3.63) is 39.8 Å². The number of aromatic nitrogens is 2. The predicted molar refractivity (Wildman–Crippen MR) is 99.7 cm³/mol. The molecule has 0 unspecified atom stereocenters. The van der Waals surface area contributed by atoms with Crippen molar-refractivity contribution in [3.63, 3.8) is 0 Å². The number of aryl methyl sites for hydroxylation is 1. The van der Waals surface area contributed by atoms with Crippen LogP contribution in [0.3, 0.4) is 0 Å². The van der Waals surface area contributed by atoms with Gasteiger partial charge in [0.05, 0.1) is 22.2 Å². The van der Waals surface area contributed by atoms with Crippen molar-refractivity contribution in [3.8, 4) is 11.3 Å². The number of pyridine rings is 1. The summed E-state index contributed by atoms with van der Waals surface area (Å²) in [5.74, 6) is 0.110. The molecular formula is C20H21ClN4O. The first-order chi connectivity index (χ1) is 12.6. The van der Waals surface area contributed by atoms with Crippen LogP contribution in [0.25, 0.3) is 11.3 Å². The molecule has 6 heteroatoms. The highest BCUT2D eigenvalue weighted by molar-refractivity contribution is 6.29. The van der Waals surface area contributed by atoms with E-state index in [1.54, 1.807) is 0 Å². The minimum Gasteiger partial charge on any atom is -0.357 e. The van der Waals surface area contributed by atoms with Crippen LogP contribution >= 0.6 is 11.6 Å². The van der Waals surface area contributed by atoms with Crippen molar-refractivity contribution in [1.82, 2.24) is 20.2 Å². The fourth-order valence-corrected chi connectivity index (χ4v) is 5.70. The first-order valence-electron chi connectivity index (χ1n) is 9.52. The van der Waals surface area contributed by atoms with Crippen LogP contribution in [0.5, 0.6) is 0 Å². The number of nitrogens with zero attached hydrogens (tertiary/aromatic N) is 2. The van der Waals surface area contributed by atoms with Crippen LogP contribution in [0.4, 0.5) is 0 Å². The number of amides is 1. The summed E-state index contributed by atoms with van der Waals surface area (Å²) in [5.41, 5.74) is 6.66. The van der Waals surface area contributed by atoms with Crippen LogP contribution in [-0.2, 0) is 18.3 Å². The number of hydrogen-bond donors (Lipinski definition) is 2. The van der Waals surface area contributed by atoms with Gasteiger partial charge in [-0.15, -0.1) is 0 Å². The Morgan fingerprint density at radius 2 is 2.12 bits per heavy atom. The van der Waals surface area contributed by atoms with Crippen molar-refractivity contribution in [1.29, 1.82) is 0 Å². The largest absolute Gasteiger partial charge is 0.357 e. The van der Waals surface area contributed by atoms with Gasteiger partial charge in [0, 0.05) is 30.5 Å². The Morgan fingerprint density at radius 3 is 2.85 bits per heavy atom. The molecule has 26 heavy (non-hydrogen) atoms. The topological polar surface area (TPSA) is 61.0 Å². The summed E-state index contributed by atoms with van der Waals surface area (Å²) >= 11 is 6.18. The van der Waals surface area contributed by atoms with E-state index in [1.807, 2.05) is 12.3 Å². The maximum absolute atomic E-state index is 13.0. The number of likely N-dealkylation sites (tertiary alicyclic amines) is 1. The Kier molecular flexibility index (Phi) is 2.75. The van der Waals surface area contributed by atoms with Gasteiger partial charge in [-0.1, -0.05) is 18.5 Å². The molecule has 134 valence electrons. The predicted octanol–water partition coefficient (Wildman–Crippen LogP) is 2.68. The third-order valence-electron chi connectivity index (χ3n) is 7.13. The van der Waals surface area contributed by atoms with E-state index < -0.39 is 0 Å². The second-order valence-corrected chi connectivity index (χ2v) is 8.70. The number of H-pyrrole nitrogens is 1. The molecule has 6 rings (SSSR count). The fourth-order valence-electron chi connectivity index (χ4n) is 5.55. The average molecular weight is 369 g/mol. The van der Waals surface area contributed by atoms with Gasteiger partial charge in [0.1, 0.15) is 5.15 Å². The maximum Gasteiger partial charge on any atom is 0.253 e. The number of hydrogen-bond acceptors (Lipinski definition) is 3. The molecule has 4 aliphatic rings. The van der Waals surface area contributed by atoms with Crippen LogP contribution in [0, 0.1) is 0 Å². The summed E-state index contributed by atoms with van der Waals surface area (Å²) in [6.07, 6.45) is 5.84. The molecule has 2 aromatic heterocycles. The second-order valence-electron chi connectivity index (χ2n) is 8.31. The maximum atomic E-state index is 13.0. The molecule has 2 aliphatic heterocycles. The van der Waals surface area contributed by atoms with Crippen molar-refractivity contribution in [2.45, 2.75) is 43.6 Å². The van der Waals surface area contributed by atoms with Gasteiger partial charge in [-0.2, -0.15) is 0 Å². The van der Waals surface area contributed by atoms with Gasteiger partial charge < -0.3 is 15.2 Å². The Bertz CT molecular complexity index is 968. The standard InChI is InChI=1S/C20H21ClN4O/c1-2-25-9-19(10-25)17-15(18(26)24-20(19)5-6-20)12-4-3-11-8-22-14(21)7-13(11)16(12)23-17/h7-8,23H,2-6,9-10H2,1H3,(H,24,26). The lowest BCUT2D eigenvalue weighted by Gasteiger charge is -2.56. The van der Waals surface area contributed by atoms with E-state index in [2.05, 4.69) is 27.1 Å². The van der Waals surface area contributed by atoms with Crippen molar-refractivity contribution in [2.24, 2.45) is 0 Å². The first kappa shape index (κ1) is 15.2. The third kappa shape index (κ3) is 1.66. The van der Waals surface area contributed by atoms with Crippen molar-refractivity contribution in [2.75, 3.05) is 19.6 Å². The normalized spacial score (nSPS) is 23.8. The number of nitrogens with one attached hydrogen (secondary N) is 2. The summed E-state index contributed by atoms with van der Waals surface area (Å²) in [7, 11) is 0. The molecule has 1 saturated heterocycles. The van der Waals surface area contributed by atoms with Gasteiger partial charge in [-0.25, -0.2) is 4.98 Å². The van der Waals surface area contributed by atoms with E-state index in [-0.39, 0.29) is 16.9 Å². The molecule has 2 spiro atoms. The highest BCUT2D eigenvalue weighted by atomic mass is 35.5. The smallest absolute Gasteiger partial charge is 0.253 e. The Hall–Kier alpha value is -1.85. The van der Waals surface area contributed by atoms with E-state index in [9.17, 15) is 4.79 Å². The van der Waals surface area contributed by atoms with Crippen LogP contribution < -0.4 is 5.32 Å². The lowest BCUT2D eigenvalue weighted by molar-refractivity contribution is 0.0199. The van der Waals surface area contributed by atoms with E-state index >= 15 is 0 Å². The molecule has 2 aromatic rings. The SMILES string of the molecule is CCN1CC2(C1)c1[nH]c3c(c1C(=O)NC21CC1)CCc1cnc(Cl)cc1-3. The van der Waals surface area contributed by atoms with Gasteiger partial charge in [-0.3, -0.25) is 4.79 Å². The zero-order valence-corrected chi connectivity index (χ0v) is 15.5. The Balaban J connectivity index is 1.58. The molecule has 0 aromatic carbocycles. The zero-order chi connectivity index (χ0) is 17.7. The molecule has 1 amide bonds. The second kappa shape index (κ2) is 4.70. The minimum absolute atomic E-state index is 0.0328. The van der Waals surface area contributed by atoms with Crippen molar-refractivity contribution >= 4 is 17.5 Å². The van der Waals surface area contributed by atoms with E-state index in [1.165, 1.54) is 11.3 Å². The molecule has 0 radical (unpaired) electrons. The summed E-state index contributed by atoms with van der Waals surface area (Å²) in [4.78, 5) is 23.5. The van der Waals surface area contributed by atoms with Gasteiger partial charge in [-0.05, 0) is 49.4 Å². The number of aromatic amines is 1. The molecule has 2 aliphatic carbocycles. The number of likely N-dealkylation sites (N-methyl/N-ethyl adjacent to an activating group) is 1. The average Bonchev–Trinajstić information content (AvgIpc) is 3.23. The summed E-state index contributed by atoms with van der Waals surface area (Å²) in [5, 5.41) is 3.91. The highest BCUT2D eigenvalue weighted by Crippen LogP contribution is 2.59. The third-order valence-corrected chi connectivity index (χ3v) is 7.34. The summed E-state index contributed by atoms with van der Waals surface area (Å²) < 4.78 is 0. The Labute approximate surface area is 157 Å². The molecule has 1 saturated carbocycles. The first-order valence-corrected chi connectivity index (χ1v) is 9.90. The van der Waals surface area contributed by atoms with Crippen LogP contribution in [0.1, 0.15) is 46.9 Å². The quantitative estimate of drug-likeness (QED) is 0.761. The lowest BCUT2D eigenvalue weighted by Crippen LogP contribution is -2.72. The van der Waals surface area contributed by atoms with E-state index in [0.717, 1.165) is 67.7 Å². The molecule has 0 atom stereocenters. The van der Waals surface area contributed by atoms with E-state index in [0.29, 0.717) is 5.15 Å². The molecule has 4 heterocycles. The number of carbonyl (C=O) groups is 1. The minimum atomic E-state index is -0.0328. The molecule has 0 bridgehead atoms. The van der Waals surface area contributed by atoms with Gasteiger partial charge in [0.25, 0.3) is 5.91 Å². The number of carbonyl (C=O) groups excluding carboxylic acids is 1. The molecular weight excluding hydrogens is 348 g/mol. The highest BCUT2D eigenvalue weighted by Gasteiger charge is 2.69. The Morgan fingerprint density at radius 1 is 1.31 bits per heavy atom. The molecule has 2 N–H and O–H groups in total.